The molecule has 15 heavy (non-hydrogen) atoms. The van der Waals surface area contributed by atoms with Gasteiger partial charge in [0.15, 0.2) is 0 Å². The molecule has 0 saturated carbocycles. The lowest BCUT2D eigenvalue weighted by Crippen LogP contribution is -2.32. The van der Waals surface area contributed by atoms with E-state index in [1.807, 2.05) is 0 Å². The molecule has 0 aromatic carbocycles. The summed E-state index contributed by atoms with van der Waals surface area (Å²) >= 11 is 0. The van der Waals surface area contributed by atoms with Crippen LogP contribution in [0.5, 0.6) is 0 Å². The molecule has 0 rings (SSSR count). The van der Waals surface area contributed by atoms with Crippen molar-refractivity contribution in [2.45, 2.75) is 65.3 Å². The molecule has 3 nitrogen and oxygen atoms in total. The molecular weight excluding hydrogens is 190 g/mol. The molecule has 3 heteroatoms. The number of unbranched alkanes of at least 4 members (excludes halogenated alkanes) is 2. The fraction of sp³-hybridized carbons (Fsp3) is 0.833. The first-order valence-electron chi connectivity index (χ1n) is 5.82. The van der Waals surface area contributed by atoms with E-state index in [1.165, 1.54) is 0 Å². The van der Waals surface area contributed by atoms with Gasteiger partial charge in [-0.1, -0.05) is 19.8 Å². The second-order valence-electron chi connectivity index (χ2n) is 4.11. The summed E-state index contributed by atoms with van der Waals surface area (Å²) in [5.41, 5.74) is 0. The maximum Gasteiger partial charge on any atom is 0.217 e. The third kappa shape index (κ3) is 9.44. The van der Waals surface area contributed by atoms with Gasteiger partial charge in [-0.15, -0.1) is 0 Å². The van der Waals surface area contributed by atoms with Crippen LogP contribution in [0.1, 0.15) is 59.3 Å². The minimum Gasteiger partial charge on any atom is -0.354 e. The SMILES string of the molecule is CCC(CCCCCC(C)=O)NC(C)=O. The molecule has 0 heterocycles. The Morgan fingerprint density at radius 2 is 1.80 bits per heavy atom. The van der Waals surface area contributed by atoms with Crippen LogP contribution in [0.4, 0.5) is 0 Å². The zero-order valence-corrected chi connectivity index (χ0v) is 10.1. The second kappa shape index (κ2) is 8.45. The topological polar surface area (TPSA) is 46.2 Å². The van der Waals surface area contributed by atoms with Crippen LogP contribution in [-0.2, 0) is 9.59 Å². The summed E-state index contributed by atoms with van der Waals surface area (Å²) in [5, 5.41) is 2.92. The molecule has 0 bridgehead atoms. The van der Waals surface area contributed by atoms with Gasteiger partial charge in [0.1, 0.15) is 5.78 Å². The smallest absolute Gasteiger partial charge is 0.217 e. The van der Waals surface area contributed by atoms with E-state index in [0.29, 0.717) is 12.5 Å². The Labute approximate surface area is 92.6 Å². The van der Waals surface area contributed by atoms with Crippen LogP contribution >= 0.6 is 0 Å². The van der Waals surface area contributed by atoms with E-state index in [9.17, 15) is 9.59 Å². The van der Waals surface area contributed by atoms with Crippen LogP contribution in [0.3, 0.4) is 0 Å². The highest BCUT2D eigenvalue weighted by Gasteiger charge is 2.06. The Bertz CT molecular complexity index is 202. The number of carbonyl (C=O) groups excluding carboxylic acids is 2. The van der Waals surface area contributed by atoms with Crippen molar-refractivity contribution in [3.8, 4) is 0 Å². The zero-order valence-electron chi connectivity index (χ0n) is 10.1. The first-order chi connectivity index (χ1) is 7.06. The molecule has 0 aliphatic rings. The maximum atomic E-state index is 10.8. The van der Waals surface area contributed by atoms with E-state index in [1.54, 1.807) is 13.8 Å². The quantitative estimate of drug-likeness (QED) is 0.629. The highest BCUT2D eigenvalue weighted by Crippen LogP contribution is 2.08. The Kier molecular flexibility index (Phi) is 7.96. The highest BCUT2D eigenvalue weighted by atomic mass is 16.1. The van der Waals surface area contributed by atoms with Crippen molar-refractivity contribution in [1.82, 2.24) is 5.32 Å². The molecule has 0 aliphatic carbocycles. The van der Waals surface area contributed by atoms with Crippen molar-refractivity contribution in [2.75, 3.05) is 0 Å². The van der Waals surface area contributed by atoms with E-state index < -0.39 is 0 Å². The molecule has 1 unspecified atom stereocenters. The molecule has 0 aliphatic heterocycles. The number of amides is 1. The third-order valence-electron chi connectivity index (χ3n) is 2.48. The van der Waals surface area contributed by atoms with Gasteiger partial charge in [-0.3, -0.25) is 4.79 Å². The van der Waals surface area contributed by atoms with Gasteiger partial charge in [0, 0.05) is 19.4 Å². The summed E-state index contributed by atoms with van der Waals surface area (Å²) in [6.45, 7) is 5.26. The van der Waals surface area contributed by atoms with Crippen LogP contribution in [0, 0.1) is 0 Å². The van der Waals surface area contributed by atoms with E-state index in [-0.39, 0.29) is 11.7 Å². The maximum absolute atomic E-state index is 10.8. The number of hydrogen-bond acceptors (Lipinski definition) is 2. The van der Waals surface area contributed by atoms with Gasteiger partial charge in [0.25, 0.3) is 0 Å². The van der Waals surface area contributed by atoms with Gasteiger partial charge < -0.3 is 10.1 Å². The normalized spacial score (nSPS) is 12.2. The van der Waals surface area contributed by atoms with Gasteiger partial charge in [-0.05, 0) is 26.2 Å². The standard InChI is InChI=1S/C12H23NO2/c1-4-12(13-11(3)15)9-7-5-6-8-10(2)14/h12H,4-9H2,1-3H3,(H,13,15). The Morgan fingerprint density at radius 3 is 2.27 bits per heavy atom. The summed E-state index contributed by atoms with van der Waals surface area (Å²) < 4.78 is 0. The summed E-state index contributed by atoms with van der Waals surface area (Å²) in [7, 11) is 0. The number of carbonyl (C=O) groups is 2. The third-order valence-corrected chi connectivity index (χ3v) is 2.48. The van der Waals surface area contributed by atoms with Crippen molar-refractivity contribution in [2.24, 2.45) is 0 Å². The van der Waals surface area contributed by atoms with Crippen LogP contribution in [0.2, 0.25) is 0 Å². The molecular formula is C12H23NO2. The lowest BCUT2D eigenvalue weighted by molar-refractivity contribution is -0.119. The minimum atomic E-state index is 0.0468. The molecule has 0 fully saturated rings. The van der Waals surface area contributed by atoms with Gasteiger partial charge >= 0.3 is 0 Å². The van der Waals surface area contributed by atoms with Crippen molar-refractivity contribution < 1.29 is 9.59 Å². The van der Waals surface area contributed by atoms with Gasteiger partial charge in [-0.25, -0.2) is 0 Å². The monoisotopic (exact) mass is 213 g/mol. The molecule has 1 amide bonds. The first-order valence-corrected chi connectivity index (χ1v) is 5.82. The molecule has 88 valence electrons. The van der Waals surface area contributed by atoms with Gasteiger partial charge in [-0.2, -0.15) is 0 Å². The second-order valence-corrected chi connectivity index (χ2v) is 4.11. The van der Waals surface area contributed by atoms with E-state index >= 15 is 0 Å². The molecule has 0 aromatic rings. The summed E-state index contributed by atoms with van der Waals surface area (Å²) in [6, 6.07) is 0.305. The lowest BCUT2D eigenvalue weighted by atomic mass is 10.0. The summed E-state index contributed by atoms with van der Waals surface area (Å²) in [6.07, 6.45) is 5.84. The van der Waals surface area contributed by atoms with Gasteiger partial charge in [0.2, 0.25) is 5.91 Å². The Hall–Kier alpha value is -0.860. The predicted octanol–water partition coefficient (Wildman–Crippen LogP) is 2.44. The average molecular weight is 213 g/mol. The Balaban J connectivity index is 3.46. The van der Waals surface area contributed by atoms with Crippen LogP contribution < -0.4 is 5.32 Å². The van der Waals surface area contributed by atoms with E-state index in [0.717, 1.165) is 32.1 Å². The number of Topliss-reactive ketones (excluding diaryl/α,β-unsaturated/α-hetero) is 1. The van der Waals surface area contributed by atoms with Crippen LogP contribution in [0.25, 0.3) is 0 Å². The Morgan fingerprint density at radius 1 is 1.13 bits per heavy atom. The molecule has 1 atom stereocenters. The molecule has 0 saturated heterocycles. The summed E-state index contributed by atoms with van der Waals surface area (Å²) in [4.78, 5) is 21.5. The molecule has 0 radical (unpaired) electrons. The highest BCUT2D eigenvalue weighted by molar-refractivity contribution is 5.75. The van der Waals surface area contributed by atoms with Gasteiger partial charge in [0.05, 0.1) is 0 Å². The fourth-order valence-corrected chi connectivity index (χ4v) is 1.61. The number of hydrogen-bond donors (Lipinski definition) is 1. The largest absolute Gasteiger partial charge is 0.354 e. The average Bonchev–Trinajstić information content (AvgIpc) is 2.14. The number of nitrogens with one attached hydrogen (secondary N) is 1. The molecule has 0 spiro atoms. The minimum absolute atomic E-state index is 0.0468. The number of rotatable bonds is 8. The predicted molar refractivity (Wildman–Crippen MR) is 61.7 cm³/mol. The van der Waals surface area contributed by atoms with Crippen LogP contribution in [-0.4, -0.2) is 17.7 Å². The fourth-order valence-electron chi connectivity index (χ4n) is 1.61. The van der Waals surface area contributed by atoms with Crippen molar-refractivity contribution in [3.63, 3.8) is 0 Å². The number of ketones is 1. The van der Waals surface area contributed by atoms with E-state index in [2.05, 4.69) is 12.2 Å². The first kappa shape index (κ1) is 14.1. The van der Waals surface area contributed by atoms with E-state index in [4.69, 9.17) is 0 Å². The molecule has 1 N–H and O–H groups in total. The van der Waals surface area contributed by atoms with Crippen molar-refractivity contribution in [3.05, 3.63) is 0 Å². The molecule has 0 aromatic heterocycles. The lowest BCUT2D eigenvalue weighted by Gasteiger charge is -2.15. The van der Waals surface area contributed by atoms with Crippen LogP contribution in [0.15, 0.2) is 0 Å². The summed E-state index contributed by atoms with van der Waals surface area (Å²) in [5.74, 6) is 0.314. The zero-order chi connectivity index (χ0) is 11.7. The van der Waals surface area contributed by atoms with Crippen molar-refractivity contribution in [1.29, 1.82) is 0 Å². The van der Waals surface area contributed by atoms with Crippen molar-refractivity contribution >= 4 is 11.7 Å².